The molecule has 0 bridgehead atoms. The van der Waals surface area contributed by atoms with Gasteiger partial charge in [0, 0.05) is 32.3 Å². The van der Waals surface area contributed by atoms with E-state index in [1.807, 2.05) is 0 Å². The number of nitrogens with zero attached hydrogens (tertiary/aromatic N) is 1. The number of fused-ring (bicyclic) bond motifs is 1. The molecule has 1 aliphatic carbocycles. The Bertz CT molecular complexity index is 263. The van der Waals surface area contributed by atoms with E-state index in [1.165, 1.54) is 64.5 Å². The van der Waals surface area contributed by atoms with Crippen LogP contribution in [-0.2, 0) is 4.74 Å². The Balaban J connectivity index is 1.36. The minimum absolute atomic E-state index is 0.490. The Morgan fingerprint density at radius 3 is 2.79 bits per heavy atom. The minimum atomic E-state index is 0.490. The second kappa shape index (κ2) is 7.05. The van der Waals surface area contributed by atoms with Gasteiger partial charge >= 0.3 is 0 Å². The lowest BCUT2D eigenvalue weighted by atomic mass is 9.78. The highest BCUT2D eigenvalue weighted by Crippen LogP contribution is 2.34. The van der Waals surface area contributed by atoms with Gasteiger partial charge in [-0.3, -0.25) is 4.90 Å². The van der Waals surface area contributed by atoms with Crippen LogP contribution in [-0.4, -0.2) is 49.8 Å². The molecular formula is C16H30N2O. The van der Waals surface area contributed by atoms with Gasteiger partial charge in [-0.2, -0.15) is 0 Å². The molecule has 0 aromatic carbocycles. The molecule has 0 radical (unpaired) electrons. The Labute approximate surface area is 118 Å². The highest BCUT2D eigenvalue weighted by atomic mass is 16.5. The van der Waals surface area contributed by atoms with Crippen LogP contribution in [0.25, 0.3) is 0 Å². The first kappa shape index (κ1) is 13.8. The Morgan fingerprint density at radius 2 is 1.89 bits per heavy atom. The molecule has 110 valence electrons. The van der Waals surface area contributed by atoms with Crippen LogP contribution < -0.4 is 5.32 Å². The minimum Gasteiger partial charge on any atom is -0.377 e. The first-order valence-electron chi connectivity index (χ1n) is 8.50. The average Bonchev–Trinajstić information content (AvgIpc) is 2.97. The predicted molar refractivity (Wildman–Crippen MR) is 78.4 cm³/mol. The zero-order valence-corrected chi connectivity index (χ0v) is 12.3. The molecule has 3 unspecified atom stereocenters. The van der Waals surface area contributed by atoms with Crippen LogP contribution in [0.4, 0.5) is 0 Å². The molecule has 0 spiro atoms. The van der Waals surface area contributed by atoms with Crippen LogP contribution in [0.15, 0.2) is 0 Å². The molecule has 1 N–H and O–H groups in total. The van der Waals surface area contributed by atoms with E-state index in [1.54, 1.807) is 0 Å². The predicted octanol–water partition coefficient (Wildman–Crippen LogP) is 2.41. The maximum atomic E-state index is 5.65. The highest BCUT2D eigenvalue weighted by Gasteiger charge is 2.32. The molecule has 2 saturated heterocycles. The van der Waals surface area contributed by atoms with Crippen molar-refractivity contribution in [1.82, 2.24) is 10.2 Å². The molecular weight excluding hydrogens is 236 g/mol. The zero-order chi connectivity index (χ0) is 12.9. The standard InChI is InChI=1S/C16H30N2O/c1-2-8-16-14(5-1)6-3-10-18(16)11-9-17-13-15-7-4-12-19-15/h14-17H,1-13H2. The third-order valence-electron chi connectivity index (χ3n) is 5.33. The van der Waals surface area contributed by atoms with E-state index in [4.69, 9.17) is 4.74 Å². The summed E-state index contributed by atoms with van der Waals surface area (Å²) in [4.78, 5) is 2.77. The molecule has 2 heterocycles. The van der Waals surface area contributed by atoms with E-state index in [0.717, 1.165) is 31.7 Å². The number of likely N-dealkylation sites (tertiary alicyclic amines) is 1. The fourth-order valence-corrected chi connectivity index (χ4v) is 4.30. The fourth-order valence-electron chi connectivity index (χ4n) is 4.30. The molecule has 2 aliphatic heterocycles. The van der Waals surface area contributed by atoms with Gasteiger partial charge < -0.3 is 10.1 Å². The van der Waals surface area contributed by atoms with Crippen molar-refractivity contribution < 1.29 is 4.74 Å². The van der Waals surface area contributed by atoms with E-state index in [-0.39, 0.29) is 0 Å². The molecule has 3 aliphatic rings. The van der Waals surface area contributed by atoms with Crippen LogP contribution in [0.2, 0.25) is 0 Å². The number of ether oxygens (including phenoxy) is 1. The van der Waals surface area contributed by atoms with Crippen molar-refractivity contribution in [2.24, 2.45) is 5.92 Å². The normalized spacial score (nSPS) is 36.3. The third-order valence-corrected chi connectivity index (χ3v) is 5.33. The van der Waals surface area contributed by atoms with E-state index < -0.39 is 0 Å². The van der Waals surface area contributed by atoms with Crippen molar-refractivity contribution in [2.45, 2.75) is 63.5 Å². The van der Waals surface area contributed by atoms with Crippen molar-refractivity contribution in [3.63, 3.8) is 0 Å². The van der Waals surface area contributed by atoms with Crippen LogP contribution in [0.3, 0.4) is 0 Å². The van der Waals surface area contributed by atoms with E-state index in [2.05, 4.69) is 10.2 Å². The lowest BCUT2D eigenvalue weighted by Gasteiger charge is -2.44. The maximum Gasteiger partial charge on any atom is 0.0700 e. The van der Waals surface area contributed by atoms with Gasteiger partial charge in [0.1, 0.15) is 0 Å². The van der Waals surface area contributed by atoms with Crippen LogP contribution in [0.1, 0.15) is 51.4 Å². The van der Waals surface area contributed by atoms with Gasteiger partial charge in [-0.25, -0.2) is 0 Å². The van der Waals surface area contributed by atoms with Gasteiger partial charge in [-0.05, 0) is 51.0 Å². The highest BCUT2D eigenvalue weighted by molar-refractivity contribution is 4.87. The summed E-state index contributed by atoms with van der Waals surface area (Å²) < 4.78 is 5.65. The quantitative estimate of drug-likeness (QED) is 0.773. The first-order valence-corrected chi connectivity index (χ1v) is 8.50. The van der Waals surface area contributed by atoms with Gasteiger partial charge in [0.25, 0.3) is 0 Å². The summed E-state index contributed by atoms with van der Waals surface area (Å²) in [5.41, 5.74) is 0. The van der Waals surface area contributed by atoms with Crippen LogP contribution in [0, 0.1) is 5.92 Å². The van der Waals surface area contributed by atoms with Gasteiger partial charge in [0.05, 0.1) is 6.10 Å². The largest absolute Gasteiger partial charge is 0.377 e. The SMILES string of the molecule is C1COC(CNCCN2CCCC3CCCCC32)C1. The zero-order valence-electron chi connectivity index (χ0n) is 12.3. The summed E-state index contributed by atoms with van der Waals surface area (Å²) in [5.74, 6) is 1.01. The van der Waals surface area contributed by atoms with Crippen molar-refractivity contribution in [2.75, 3.05) is 32.8 Å². The van der Waals surface area contributed by atoms with Gasteiger partial charge in [-0.15, -0.1) is 0 Å². The molecule has 1 saturated carbocycles. The number of piperidine rings is 1. The third kappa shape index (κ3) is 3.71. The van der Waals surface area contributed by atoms with E-state index >= 15 is 0 Å². The lowest BCUT2D eigenvalue weighted by Crippen LogP contribution is -2.49. The lowest BCUT2D eigenvalue weighted by molar-refractivity contribution is 0.0599. The summed E-state index contributed by atoms with van der Waals surface area (Å²) in [5, 5.41) is 3.60. The second-order valence-electron chi connectivity index (χ2n) is 6.63. The molecule has 19 heavy (non-hydrogen) atoms. The molecule has 0 aromatic rings. The molecule has 3 heteroatoms. The number of nitrogens with one attached hydrogen (secondary N) is 1. The smallest absolute Gasteiger partial charge is 0.0700 e. The summed E-state index contributed by atoms with van der Waals surface area (Å²) in [6, 6.07) is 0.909. The number of hydrogen-bond donors (Lipinski definition) is 1. The molecule has 3 atom stereocenters. The monoisotopic (exact) mass is 266 g/mol. The number of hydrogen-bond acceptors (Lipinski definition) is 3. The van der Waals surface area contributed by atoms with Crippen LogP contribution in [0.5, 0.6) is 0 Å². The first-order chi connectivity index (χ1) is 9.43. The fraction of sp³-hybridized carbons (Fsp3) is 1.00. The maximum absolute atomic E-state index is 5.65. The Kier molecular flexibility index (Phi) is 5.14. The summed E-state index contributed by atoms with van der Waals surface area (Å²) >= 11 is 0. The average molecular weight is 266 g/mol. The van der Waals surface area contributed by atoms with Crippen molar-refractivity contribution in [3.8, 4) is 0 Å². The molecule has 3 fully saturated rings. The Morgan fingerprint density at radius 1 is 1.00 bits per heavy atom. The molecule has 3 rings (SSSR count). The number of rotatable bonds is 5. The van der Waals surface area contributed by atoms with Crippen molar-refractivity contribution in [3.05, 3.63) is 0 Å². The Hall–Kier alpha value is -0.120. The summed E-state index contributed by atoms with van der Waals surface area (Å²) in [7, 11) is 0. The van der Waals surface area contributed by atoms with E-state index in [9.17, 15) is 0 Å². The van der Waals surface area contributed by atoms with E-state index in [0.29, 0.717) is 6.10 Å². The van der Waals surface area contributed by atoms with Crippen molar-refractivity contribution in [1.29, 1.82) is 0 Å². The second-order valence-corrected chi connectivity index (χ2v) is 6.63. The topological polar surface area (TPSA) is 24.5 Å². The van der Waals surface area contributed by atoms with Crippen LogP contribution >= 0.6 is 0 Å². The van der Waals surface area contributed by atoms with Gasteiger partial charge in [-0.1, -0.05) is 12.8 Å². The van der Waals surface area contributed by atoms with Gasteiger partial charge in [0.2, 0.25) is 0 Å². The summed E-state index contributed by atoms with van der Waals surface area (Å²) in [6.07, 6.45) is 11.8. The summed E-state index contributed by atoms with van der Waals surface area (Å²) in [6.45, 7) is 5.75. The van der Waals surface area contributed by atoms with Gasteiger partial charge in [0.15, 0.2) is 0 Å². The molecule has 0 amide bonds. The molecule has 3 nitrogen and oxygen atoms in total. The molecule has 0 aromatic heterocycles. The van der Waals surface area contributed by atoms with Crippen molar-refractivity contribution >= 4 is 0 Å².